The minimum absolute atomic E-state index is 0.138. The highest BCUT2D eigenvalue weighted by Crippen LogP contribution is 2.19. The van der Waals surface area contributed by atoms with Crippen molar-refractivity contribution in [1.82, 2.24) is 0 Å². The molecular formula is C78H139NO8. The third kappa shape index (κ3) is 69.8. The van der Waals surface area contributed by atoms with Crippen molar-refractivity contribution < 1.29 is 42.9 Å². The fraction of sp³-hybridized carbons (Fsp3) is 0.782. The lowest BCUT2D eigenvalue weighted by molar-refractivity contribution is -0.870. The second-order valence-electron chi connectivity index (χ2n) is 25.9. The van der Waals surface area contributed by atoms with E-state index in [0.717, 1.165) is 83.5 Å². The van der Waals surface area contributed by atoms with E-state index in [1.54, 1.807) is 0 Å². The number of carboxylic acid groups (broad SMARTS) is 1. The molecular weight excluding hydrogens is 1080 g/mol. The van der Waals surface area contributed by atoms with Crippen molar-refractivity contribution in [2.24, 2.45) is 0 Å². The first-order valence-electron chi connectivity index (χ1n) is 36.7. The molecule has 0 aromatic rings. The lowest BCUT2D eigenvalue weighted by Crippen LogP contribution is -2.44. The van der Waals surface area contributed by atoms with E-state index in [-0.39, 0.29) is 38.6 Å². The van der Waals surface area contributed by atoms with E-state index in [1.807, 2.05) is 21.1 Å². The van der Waals surface area contributed by atoms with Gasteiger partial charge in [-0.15, -0.1) is 0 Å². The quantitative estimate of drug-likeness (QED) is 0.0195. The minimum atomic E-state index is -1.64. The Morgan fingerprint density at radius 2 is 0.655 bits per heavy atom. The van der Waals surface area contributed by atoms with Crippen LogP contribution in [0.4, 0.5) is 0 Å². The zero-order valence-electron chi connectivity index (χ0n) is 57.6. The Balaban J connectivity index is 4.06. The number of carboxylic acids is 1. The number of nitrogens with zero attached hydrogens (tertiary/aromatic N) is 1. The second-order valence-corrected chi connectivity index (χ2v) is 25.9. The van der Waals surface area contributed by atoms with E-state index in [0.29, 0.717) is 17.4 Å². The average molecular weight is 1220 g/mol. The molecule has 2 unspecified atom stereocenters. The minimum Gasteiger partial charge on any atom is -0.545 e. The Morgan fingerprint density at radius 1 is 0.356 bits per heavy atom. The molecule has 87 heavy (non-hydrogen) atoms. The van der Waals surface area contributed by atoms with Crippen LogP contribution in [0.15, 0.2) is 85.1 Å². The van der Waals surface area contributed by atoms with E-state index in [1.165, 1.54) is 218 Å². The molecule has 0 aliphatic heterocycles. The molecule has 0 fully saturated rings. The lowest BCUT2D eigenvalue weighted by atomic mass is 10.0. The van der Waals surface area contributed by atoms with Gasteiger partial charge in [-0.1, -0.05) is 336 Å². The summed E-state index contributed by atoms with van der Waals surface area (Å²) >= 11 is 0. The number of esters is 2. The van der Waals surface area contributed by atoms with Gasteiger partial charge in [0.25, 0.3) is 0 Å². The van der Waals surface area contributed by atoms with E-state index >= 15 is 0 Å². The fourth-order valence-electron chi connectivity index (χ4n) is 10.6. The number of aliphatic carboxylic acids is 1. The van der Waals surface area contributed by atoms with Gasteiger partial charge in [-0.05, 0) is 70.6 Å². The monoisotopic (exact) mass is 1220 g/mol. The number of quaternary nitrogens is 1. The zero-order chi connectivity index (χ0) is 63.3. The summed E-state index contributed by atoms with van der Waals surface area (Å²) in [5, 5.41) is 11.8. The van der Waals surface area contributed by atoms with Crippen molar-refractivity contribution in [1.29, 1.82) is 0 Å². The van der Waals surface area contributed by atoms with Gasteiger partial charge in [0.2, 0.25) is 0 Å². The van der Waals surface area contributed by atoms with Crippen molar-refractivity contribution in [2.45, 2.75) is 347 Å². The molecule has 0 aromatic carbocycles. The molecule has 0 spiro atoms. The van der Waals surface area contributed by atoms with Gasteiger partial charge in [0.15, 0.2) is 12.4 Å². The van der Waals surface area contributed by atoms with Crippen LogP contribution in [-0.2, 0) is 33.3 Å². The molecule has 0 aliphatic rings. The van der Waals surface area contributed by atoms with Crippen LogP contribution < -0.4 is 5.11 Å². The van der Waals surface area contributed by atoms with Gasteiger partial charge < -0.3 is 33.3 Å². The molecule has 0 N–H and O–H groups in total. The van der Waals surface area contributed by atoms with Crippen LogP contribution in [0.5, 0.6) is 0 Å². The maximum Gasteiger partial charge on any atom is 0.306 e. The van der Waals surface area contributed by atoms with Crippen LogP contribution in [0, 0.1) is 0 Å². The Hall–Kier alpha value is -3.53. The lowest BCUT2D eigenvalue weighted by Gasteiger charge is -2.26. The van der Waals surface area contributed by atoms with Gasteiger partial charge in [0.05, 0.1) is 40.3 Å². The first-order chi connectivity index (χ1) is 42.6. The van der Waals surface area contributed by atoms with Gasteiger partial charge >= 0.3 is 11.9 Å². The van der Waals surface area contributed by atoms with Crippen LogP contribution in [0.3, 0.4) is 0 Å². The Bertz CT molecular complexity index is 1700. The molecule has 0 aromatic heterocycles. The Morgan fingerprint density at radius 3 is 0.977 bits per heavy atom. The number of hydrogen-bond donors (Lipinski definition) is 0. The third-order valence-corrected chi connectivity index (χ3v) is 16.2. The number of allylic oxidation sites excluding steroid dienone is 14. The number of ether oxygens (including phenoxy) is 4. The molecule has 0 rings (SSSR count). The molecule has 504 valence electrons. The molecule has 0 bridgehead atoms. The summed E-state index contributed by atoms with van der Waals surface area (Å²) in [4.78, 5) is 37.5. The Kier molecular flexibility index (Phi) is 65.6. The predicted octanol–water partition coefficient (Wildman–Crippen LogP) is 21.7. The van der Waals surface area contributed by atoms with Gasteiger partial charge in [-0.25, -0.2) is 0 Å². The average Bonchev–Trinajstić information content (AvgIpc) is 3.59. The first-order valence-corrected chi connectivity index (χ1v) is 36.7. The van der Waals surface area contributed by atoms with Gasteiger partial charge in [-0.2, -0.15) is 0 Å². The molecule has 0 heterocycles. The number of carbonyl (C=O) groups excluding carboxylic acids is 3. The van der Waals surface area contributed by atoms with E-state index < -0.39 is 24.3 Å². The first kappa shape index (κ1) is 83.5. The van der Waals surface area contributed by atoms with Crippen LogP contribution in [0.2, 0.25) is 0 Å². The van der Waals surface area contributed by atoms with Gasteiger partial charge in [-0.3, -0.25) is 9.59 Å². The van der Waals surface area contributed by atoms with Crippen molar-refractivity contribution in [3.05, 3.63) is 85.1 Å². The summed E-state index contributed by atoms with van der Waals surface area (Å²) < 4.78 is 22.8. The van der Waals surface area contributed by atoms with Gasteiger partial charge in [0.1, 0.15) is 13.2 Å². The second kappa shape index (κ2) is 68.4. The standard InChI is InChI=1S/C78H139NO8/c1-6-8-10-12-14-16-18-20-22-24-26-28-30-32-33-34-35-36-37-38-39-40-41-42-43-45-46-48-50-52-54-56-58-60-62-64-66-68-75(80)85-72-74(73-86-78(77(82)83)84-71-70-79(3,4)5)87-76(81)69-67-65-63-61-59-57-55-53-51-49-47-44-31-29-27-25-23-21-19-17-15-13-11-9-7-2/h9,11,15,17,21,23,27,29,44,47,51,53,57,59,74,78H,6-8,10,12-14,16,18-20,22,24-26,28,30-43,45-46,48-50,52,54-56,58,60-73H2,1-5H3/b11-9-,17-15-,23-21-,29-27-,47-44-,53-51-,59-57-. The fourth-order valence-corrected chi connectivity index (χ4v) is 10.6. The summed E-state index contributed by atoms with van der Waals surface area (Å²) in [6, 6.07) is 0. The summed E-state index contributed by atoms with van der Waals surface area (Å²) in [6.07, 6.45) is 89.9. The number of hydrogen-bond acceptors (Lipinski definition) is 8. The van der Waals surface area contributed by atoms with Crippen molar-refractivity contribution in [3.8, 4) is 0 Å². The van der Waals surface area contributed by atoms with E-state index in [4.69, 9.17) is 18.9 Å². The summed E-state index contributed by atoms with van der Waals surface area (Å²) in [7, 11) is 5.92. The van der Waals surface area contributed by atoms with E-state index in [2.05, 4.69) is 98.9 Å². The maximum absolute atomic E-state index is 12.9. The molecule has 0 saturated heterocycles. The van der Waals surface area contributed by atoms with E-state index in [9.17, 15) is 19.5 Å². The zero-order valence-corrected chi connectivity index (χ0v) is 57.6. The Labute approximate surface area is 538 Å². The number of carbonyl (C=O) groups is 3. The van der Waals surface area contributed by atoms with Crippen LogP contribution >= 0.6 is 0 Å². The number of rotatable bonds is 68. The third-order valence-electron chi connectivity index (χ3n) is 16.2. The highest BCUT2D eigenvalue weighted by atomic mass is 16.7. The molecule has 0 saturated carbocycles. The molecule has 2 atom stereocenters. The maximum atomic E-state index is 12.9. The van der Waals surface area contributed by atoms with Crippen LogP contribution in [0.1, 0.15) is 335 Å². The summed E-state index contributed by atoms with van der Waals surface area (Å²) in [6.45, 7) is 4.63. The highest BCUT2D eigenvalue weighted by molar-refractivity contribution is 5.70. The molecule has 0 aliphatic carbocycles. The summed E-state index contributed by atoms with van der Waals surface area (Å²) in [5.74, 6) is -2.32. The molecule has 9 nitrogen and oxygen atoms in total. The van der Waals surface area contributed by atoms with Gasteiger partial charge in [0, 0.05) is 12.8 Å². The summed E-state index contributed by atoms with van der Waals surface area (Å²) in [5.41, 5.74) is 0. The van der Waals surface area contributed by atoms with Crippen molar-refractivity contribution in [3.63, 3.8) is 0 Å². The van der Waals surface area contributed by atoms with Crippen LogP contribution in [0.25, 0.3) is 0 Å². The largest absolute Gasteiger partial charge is 0.545 e. The number of unbranched alkanes of at least 4 members (excludes halogenated alkanes) is 39. The van der Waals surface area contributed by atoms with Crippen molar-refractivity contribution in [2.75, 3.05) is 47.5 Å². The topological polar surface area (TPSA) is 111 Å². The number of likely N-dealkylation sites (N-methyl/N-ethyl adjacent to an activating group) is 1. The molecule has 0 amide bonds. The predicted molar refractivity (Wildman–Crippen MR) is 371 cm³/mol. The SMILES string of the molecule is CC/C=C\C/C=C\C/C=C\C/C=C\C/C=C\C/C=C\C/C=C\CCCCCC(=O)OC(COC(=O)CCCCCCCCCCCCCCCCCCCCCCCCCCCCCCCCCCCCCCC)COC(OCC[N+](C)(C)C)C(=O)[O-]. The molecule has 0 radical (unpaired) electrons. The van der Waals surface area contributed by atoms with Crippen LogP contribution in [-0.4, -0.2) is 82.3 Å². The normalized spacial score (nSPS) is 13.2. The molecule has 9 heteroatoms. The highest BCUT2D eigenvalue weighted by Gasteiger charge is 2.22. The smallest absolute Gasteiger partial charge is 0.306 e. The van der Waals surface area contributed by atoms with Crippen molar-refractivity contribution >= 4 is 17.9 Å².